The largest absolute Gasteiger partial charge is 0.417 e. The van der Waals surface area contributed by atoms with E-state index in [1.54, 1.807) is 24.5 Å². The third-order valence-corrected chi connectivity index (χ3v) is 8.56. The fraction of sp³-hybridized carbons (Fsp3) is 0.321. The van der Waals surface area contributed by atoms with Gasteiger partial charge < -0.3 is 15.5 Å². The molecule has 1 saturated carbocycles. The molecule has 1 aliphatic heterocycles. The Bertz CT molecular complexity index is 1810. The number of halogens is 3. The van der Waals surface area contributed by atoms with Crippen LogP contribution in [0.2, 0.25) is 0 Å². The third kappa shape index (κ3) is 5.77. The molecule has 0 bridgehead atoms. The summed E-state index contributed by atoms with van der Waals surface area (Å²) in [5.41, 5.74) is 1.01. The van der Waals surface area contributed by atoms with Crippen LogP contribution in [0.4, 0.5) is 19.1 Å². The first-order valence-electron chi connectivity index (χ1n) is 13.2. The Morgan fingerprint density at radius 1 is 1.07 bits per heavy atom. The first-order valence-corrected chi connectivity index (χ1v) is 15.1. The highest BCUT2D eigenvalue weighted by Gasteiger charge is 2.46. The van der Waals surface area contributed by atoms with Crippen molar-refractivity contribution in [1.29, 1.82) is 0 Å². The number of benzene rings is 1. The molecule has 14 heteroatoms. The summed E-state index contributed by atoms with van der Waals surface area (Å²) in [5, 5.41) is 6.92. The molecule has 218 valence electrons. The molecule has 0 radical (unpaired) electrons. The van der Waals surface area contributed by atoms with Gasteiger partial charge in [-0.1, -0.05) is 0 Å². The van der Waals surface area contributed by atoms with Crippen LogP contribution in [0.1, 0.15) is 34.5 Å². The average molecular weight is 598 g/mol. The molecule has 1 amide bonds. The molecule has 4 heterocycles. The number of sulfone groups is 1. The lowest BCUT2D eigenvalue weighted by atomic mass is 10.1. The molecule has 6 rings (SSSR count). The number of amides is 1. The first-order chi connectivity index (χ1) is 19.9. The van der Waals surface area contributed by atoms with Crippen LogP contribution < -0.4 is 15.5 Å². The number of hydrogen-bond donors (Lipinski definition) is 2. The van der Waals surface area contributed by atoms with E-state index < -0.39 is 32.4 Å². The maximum Gasteiger partial charge on any atom is 0.417 e. The summed E-state index contributed by atoms with van der Waals surface area (Å²) in [5.74, 6) is -0.0887. The highest BCUT2D eigenvalue weighted by Crippen LogP contribution is 2.38. The van der Waals surface area contributed by atoms with Crippen molar-refractivity contribution in [3.63, 3.8) is 0 Å². The molecule has 10 nitrogen and oxygen atoms in total. The smallest absolute Gasteiger partial charge is 0.346 e. The van der Waals surface area contributed by atoms with E-state index in [1.807, 2.05) is 12.1 Å². The fourth-order valence-corrected chi connectivity index (χ4v) is 5.96. The van der Waals surface area contributed by atoms with E-state index in [0.29, 0.717) is 40.9 Å². The van der Waals surface area contributed by atoms with Crippen LogP contribution in [0.5, 0.6) is 0 Å². The van der Waals surface area contributed by atoms with Gasteiger partial charge in [-0.3, -0.25) is 9.78 Å². The van der Waals surface area contributed by atoms with Crippen molar-refractivity contribution in [2.45, 2.75) is 36.0 Å². The number of anilines is 1. The molecular weight excluding hydrogens is 571 g/mol. The van der Waals surface area contributed by atoms with Crippen LogP contribution in [0.15, 0.2) is 59.8 Å². The lowest BCUT2D eigenvalue weighted by Gasteiger charge is -2.34. The minimum absolute atomic E-state index is 0.0572. The van der Waals surface area contributed by atoms with Gasteiger partial charge in [-0.05, 0) is 55.3 Å². The number of piperazine rings is 1. The van der Waals surface area contributed by atoms with E-state index in [9.17, 15) is 26.4 Å². The zero-order valence-corrected chi connectivity index (χ0v) is 23.3. The van der Waals surface area contributed by atoms with Gasteiger partial charge in [0.2, 0.25) is 5.95 Å². The molecule has 42 heavy (non-hydrogen) atoms. The number of nitrogens with zero attached hydrogens (tertiary/aromatic N) is 5. The predicted octanol–water partition coefficient (Wildman–Crippen LogP) is 3.38. The van der Waals surface area contributed by atoms with E-state index in [1.165, 1.54) is 0 Å². The highest BCUT2D eigenvalue weighted by atomic mass is 32.2. The van der Waals surface area contributed by atoms with Crippen molar-refractivity contribution < 1.29 is 26.4 Å². The van der Waals surface area contributed by atoms with Gasteiger partial charge in [-0.2, -0.15) is 13.2 Å². The van der Waals surface area contributed by atoms with Gasteiger partial charge in [0.15, 0.2) is 9.84 Å². The van der Waals surface area contributed by atoms with Crippen molar-refractivity contribution in [1.82, 2.24) is 30.6 Å². The summed E-state index contributed by atoms with van der Waals surface area (Å²) in [4.78, 5) is 32.3. The summed E-state index contributed by atoms with van der Waals surface area (Å²) in [7, 11) is -4.24. The minimum atomic E-state index is -4.88. The van der Waals surface area contributed by atoms with Crippen molar-refractivity contribution in [3.8, 4) is 11.4 Å². The number of rotatable bonds is 6. The van der Waals surface area contributed by atoms with Crippen LogP contribution >= 0.6 is 0 Å². The molecule has 1 aromatic carbocycles. The number of carbonyl (C=O) groups is 1. The maximum absolute atomic E-state index is 13.3. The molecule has 0 unspecified atom stereocenters. The number of aromatic nitrogens is 4. The summed E-state index contributed by atoms with van der Waals surface area (Å²) >= 11 is 0. The van der Waals surface area contributed by atoms with E-state index in [2.05, 4.69) is 25.5 Å². The minimum Gasteiger partial charge on any atom is -0.346 e. The van der Waals surface area contributed by atoms with Gasteiger partial charge in [0.1, 0.15) is 0 Å². The van der Waals surface area contributed by atoms with Crippen molar-refractivity contribution in [2.24, 2.45) is 0 Å². The molecule has 1 spiro atoms. The standard InChI is InChI=1S/C28H26F3N7O3S/c1-42(40,41)24-12-17(2-4-20(24)28(29,30)31)25(39)34-15-19-13-23-18(14-33-19)3-5-21(36-23)22-6-9-32-26(37-22)38-11-10-35-27(16-38)7-8-27/h2-6,9,12-14,35H,7-8,10-11,15-16H2,1H3,(H,34,39). The number of hydrogen-bond acceptors (Lipinski definition) is 9. The number of alkyl halides is 3. The second-order valence-corrected chi connectivity index (χ2v) is 12.6. The van der Waals surface area contributed by atoms with Gasteiger partial charge in [-0.25, -0.2) is 23.4 Å². The topological polar surface area (TPSA) is 130 Å². The normalized spacial score (nSPS) is 16.5. The summed E-state index contributed by atoms with van der Waals surface area (Å²) in [6.07, 6.45) is 1.41. The molecule has 1 saturated heterocycles. The van der Waals surface area contributed by atoms with E-state index in [4.69, 9.17) is 9.97 Å². The second-order valence-electron chi connectivity index (χ2n) is 10.6. The molecule has 1 aliphatic carbocycles. The molecule has 2 aliphatic rings. The van der Waals surface area contributed by atoms with E-state index >= 15 is 0 Å². The van der Waals surface area contributed by atoms with E-state index in [0.717, 1.165) is 50.0 Å². The average Bonchev–Trinajstić information content (AvgIpc) is 3.72. The SMILES string of the molecule is CS(=O)(=O)c1cc(C(=O)NCc2cc3nc(-c4ccnc(N5CCNC6(CC6)C5)n4)ccc3cn2)ccc1C(F)(F)F. The van der Waals surface area contributed by atoms with Crippen LogP contribution in [0.3, 0.4) is 0 Å². The van der Waals surface area contributed by atoms with Crippen molar-refractivity contribution in [2.75, 3.05) is 30.8 Å². The second kappa shape index (κ2) is 10.3. The zero-order chi connectivity index (χ0) is 29.7. The molecule has 0 atom stereocenters. The van der Waals surface area contributed by atoms with Gasteiger partial charge in [0, 0.05) is 54.8 Å². The number of pyridine rings is 2. The summed E-state index contributed by atoms with van der Waals surface area (Å²) in [6.45, 7) is 2.51. The van der Waals surface area contributed by atoms with Gasteiger partial charge >= 0.3 is 6.18 Å². The Morgan fingerprint density at radius 2 is 1.86 bits per heavy atom. The first kappa shape index (κ1) is 28.0. The molecule has 3 aromatic heterocycles. The number of nitrogens with one attached hydrogen (secondary N) is 2. The van der Waals surface area contributed by atoms with E-state index in [-0.39, 0.29) is 17.6 Å². The van der Waals surface area contributed by atoms with Crippen molar-refractivity contribution >= 4 is 32.6 Å². The monoisotopic (exact) mass is 597 g/mol. The number of carbonyl (C=O) groups excluding carboxylic acids is 1. The quantitative estimate of drug-likeness (QED) is 0.344. The molecule has 4 aromatic rings. The molecular formula is C28H26F3N7O3S. The lowest BCUT2D eigenvalue weighted by Crippen LogP contribution is -2.53. The maximum atomic E-state index is 13.3. The van der Waals surface area contributed by atoms with Crippen LogP contribution in [0.25, 0.3) is 22.3 Å². The third-order valence-electron chi connectivity index (χ3n) is 7.43. The predicted molar refractivity (Wildman–Crippen MR) is 148 cm³/mol. The van der Waals surface area contributed by atoms with Crippen LogP contribution in [0, 0.1) is 0 Å². The Labute approximate surface area is 239 Å². The Morgan fingerprint density at radius 3 is 2.60 bits per heavy atom. The van der Waals surface area contributed by atoms with Crippen LogP contribution in [-0.4, -0.2) is 65.7 Å². The zero-order valence-electron chi connectivity index (χ0n) is 22.4. The van der Waals surface area contributed by atoms with Crippen molar-refractivity contribution in [3.05, 3.63) is 71.7 Å². The molecule has 2 N–H and O–H groups in total. The number of fused-ring (bicyclic) bond motifs is 1. The Hall–Kier alpha value is -4.17. The summed E-state index contributed by atoms with van der Waals surface area (Å²) < 4.78 is 63.8. The van der Waals surface area contributed by atoms with Gasteiger partial charge in [0.05, 0.1) is 39.6 Å². The van der Waals surface area contributed by atoms with Gasteiger partial charge in [0.25, 0.3) is 5.91 Å². The fourth-order valence-electron chi connectivity index (χ4n) is 5.03. The summed E-state index contributed by atoms with van der Waals surface area (Å²) in [6, 6.07) is 9.48. The van der Waals surface area contributed by atoms with Crippen LogP contribution in [-0.2, 0) is 22.6 Å². The van der Waals surface area contributed by atoms with Gasteiger partial charge in [-0.15, -0.1) is 0 Å². The highest BCUT2D eigenvalue weighted by molar-refractivity contribution is 7.90. The Kier molecular flexibility index (Phi) is 6.84. The Balaban J connectivity index is 1.20. The lowest BCUT2D eigenvalue weighted by molar-refractivity contribution is -0.139. The molecule has 2 fully saturated rings.